The molecule has 0 aliphatic carbocycles. The number of rotatable bonds is 5. The van der Waals surface area contributed by atoms with Crippen LogP contribution in [0.2, 0.25) is 0 Å². The molecule has 0 bridgehead atoms. The zero-order valence-electron chi connectivity index (χ0n) is 12.5. The minimum atomic E-state index is -0.756. The van der Waals surface area contributed by atoms with Crippen molar-refractivity contribution in [3.8, 4) is 0 Å². The quantitative estimate of drug-likeness (QED) is 0.867. The topological polar surface area (TPSA) is 50.4 Å². The Labute approximate surface area is 135 Å². The van der Waals surface area contributed by atoms with Crippen LogP contribution in [0.15, 0.2) is 18.2 Å². The van der Waals surface area contributed by atoms with E-state index in [0.717, 1.165) is 44.1 Å². The minimum Gasteiger partial charge on any atom is -0.384 e. The highest BCUT2D eigenvalue weighted by molar-refractivity contribution is 5.94. The van der Waals surface area contributed by atoms with Crippen molar-refractivity contribution < 1.29 is 18.3 Å². The van der Waals surface area contributed by atoms with Gasteiger partial charge in [-0.05, 0) is 38.1 Å². The van der Waals surface area contributed by atoms with Gasteiger partial charge in [0.15, 0.2) is 0 Å². The lowest BCUT2D eigenvalue weighted by molar-refractivity contribution is 0.0511. The van der Waals surface area contributed by atoms with Crippen LogP contribution in [0.25, 0.3) is 0 Å². The number of ether oxygens (including phenoxy) is 1. The molecule has 0 unspecified atom stereocenters. The minimum absolute atomic E-state index is 0. The van der Waals surface area contributed by atoms with Crippen molar-refractivity contribution in [2.45, 2.75) is 12.8 Å². The zero-order chi connectivity index (χ0) is 15.3. The average Bonchev–Trinajstić information content (AvgIpc) is 2.45. The second-order valence-corrected chi connectivity index (χ2v) is 5.52. The maximum Gasteiger partial charge on any atom is 0.251 e. The number of amides is 1. The van der Waals surface area contributed by atoms with Gasteiger partial charge in [0.25, 0.3) is 5.91 Å². The molecule has 0 aromatic heterocycles. The molecule has 1 aromatic rings. The lowest BCUT2D eigenvalue weighted by Gasteiger charge is -2.37. The first-order valence-electron chi connectivity index (χ1n) is 6.99. The summed E-state index contributed by atoms with van der Waals surface area (Å²) >= 11 is 0. The fraction of sp³-hybridized carbons (Fsp3) is 0.533. The Balaban J connectivity index is 0.00000242. The normalized spacial score (nSPS) is 16.7. The van der Waals surface area contributed by atoms with Crippen molar-refractivity contribution in [2.24, 2.45) is 5.41 Å². The molecule has 2 rings (SSSR count). The summed E-state index contributed by atoms with van der Waals surface area (Å²) in [5, 5.41) is 6.03. The van der Waals surface area contributed by atoms with E-state index in [-0.39, 0.29) is 23.4 Å². The SMILES string of the molecule is COCC1(CNC(=O)c2cc(F)cc(F)c2)CCNCC1.Cl. The molecule has 0 radical (unpaired) electrons. The molecule has 2 N–H and O–H groups in total. The summed E-state index contributed by atoms with van der Waals surface area (Å²) in [6, 6.07) is 2.81. The second-order valence-electron chi connectivity index (χ2n) is 5.52. The molecule has 1 aromatic carbocycles. The van der Waals surface area contributed by atoms with Crippen LogP contribution in [0.3, 0.4) is 0 Å². The standard InChI is InChI=1S/C15H20F2N2O2.ClH/c1-21-10-15(2-4-18-5-3-15)9-19-14(20)11-6-12(16)8-13(17)7-11;/h6-8,18H,2-5,9-10H2,1H3,(H,19,20);1H. The van der Waals surface area contributed by atoms with Gasteiger partial charge in [0.2, 0.25) is 0 Å². The van der Waals surface area contributed by atoms with Gasteiger partial charge in [-0.2, -0.15) is 0 Å². The molecule has 1 saturated heterocycles. The molecule has 0 spiro atoms. The Kier molecular flexibility index (Phi) is 7.19. The van der Waals surface area contributed by atoms with Gasteiger partial charge in [0, 0.05) is 30.7 Å². The first kappa shape index (κ1) is 18.8. The van der Waals surface area contributed by atoms with Crippen molar-refractivity contribution >= 4 is 18.3 Å². The summed E-state index contributed by atoms with van der Waals surface area (Å²) in [5.41, 5.74) is -0.129. The predicted molar refractivity (Wildman–Crippen MR) is 82.4 cm³/mol. The average molecular weight is 335 g/mol. The highest BCUT2D eigenvalue weighted by Crippen LogP contribution is 2.28. The smallest absolute Gasteiger partial charge is 0.251 e. The fourth-order valence-electron chi connectivity index (χ4n) is 2.69. The maximum absolute atomic E-state index is 13.1. The number of hydrogen-bond acceptors (Lipinski definition) is 3. The van der Waals surface area contributed by atoms with Gasteiger partial charge >= 0.3 is 0 Å². The van der Waals surface area contributed by atoms with E-state index in [1.807, 2.05) is 0 Å². The molecule has 7 heteroatoms. The molecule has 4 nitrogen and oxygen atoms in total. The van der Waals surface area contributed by atoms with Crippen molar-refractivity contribution in [2.75, 3.05) is 33.4 Å². The van der Waals surface area contributed by atoms with E-state index in [4.69, 9.17) is 4.74 Å². The first-order valence-corrected chi connectivity index (χ1v) is 6.99. The van der Waals surface area contributed by atoms with Gasteiger partial charge in [0.1, 0.15) is 11.6 Å². The highest BCUT2D eigenvalue weighted by Gasteiger charge is 2.32. The molecular formula is C15H21ClF2N2O2. The summed E-state index contributed by atoms with van der Waals surface area (Å²) in [6.45, 7) is 2.72. The Morgan fingerprint density at radius 3 is 2.41 bits per heavy atom. The van der Waals surface area contributed by atoms with Gasteiger partial charge in [0.05, 0.1) is 6.61 Å². The van der Waals surface area contributed by atoms with E-state index < -0.39 is 17.5 Å². The molecule has 1 amide bonds. The molecule has 1 fully saturated rings. The third-order valence-corrected chi connectivity index (χ3v) is 3.86. The third-order valence-electron chi connectivity index (χ3n) is 3.86. The summed E-state index contributed by atoms with van der Waals surface area (Å²) in [4.78, 5) is 12.0. The molecule has 124 valence electrons. The van der Waals surface area contributed by atoms with E-state index in [0.29, 0.717) is 13.2 Å². The molecule has 0 saturated carbocycles. The van der Waals surface area contributed by atoms with E-state index in [1.165, 1.54) is 0 Å². The third kappa shape index (κ3) is 4.90. The van der Waals surface area contributed by atoms with Crippen LogP contribution < -0.4 is 10.6 Å². The Hall–Kier alpha value is -1.24. The van der Waals surface area contributed by atoms with E-state index in [1.54, 1.807) is 7.11 Å². The van der Waals surface area contributed by atoms with Crippen LogP contribution in [0.4, 0.5) is 8.78 Å². The van der Waals surface area contributed by atoms with Crippen LogP contribution in [0.1, 0.15) is 23.2 Å². The Bertz CT molecular complexity index is 483. The molecule has 1 aliphatic rings. The molecule has 1 aliphatic heterocycles. The summed E-state index contributed by atoms with van der Waals surface area (Å²) < 4.78 is 31.5. The lowest BCUT2D eigenvalue weighted by Crippen LogP contribution is -2.47. The van der Waals surface area contributed by atoms with Crippen molar-refractivity contribution in [3.05, 3.63) is 35.4 Å². The number of piperidine rings is 1. The van der Waals surface area contributed by atoms with Crippen molar-refractivity contribution in [1.29, 1.82) is 0 Å². The van der Waals surface area contributed by atoms with Crippen LogP contribution >= 0.6 is 12.4 Å². The van der Waals surface area contributed by atoms with Crippen LogP contribution in [0, 0.1) is 17.0 Å². The van der Waals surface area contributed by atoms with Gasteiger partial charge in [-0.1, -0.05) is 0 Å². The monoisotopic (exact) mass is 334 g/mol. The van der Waals surface area contributed by atoms with E-state index in [9.17, 15) is 13.6 Å². The number of methoxy groups -OCH3 is 1. The van der Waals surface area contributed by atoms with Gasteiger partial charge in [-0.3, -0.25) is 4.79 Å². The molecule has 0 atom stereocenters. The summed E-state index contributed by atoms with van der Waals surface area (Å²) in [5.74, 6) is -1.98. The second kappa shape index (κ2) is 8.41. The number of nitrogens with one attached hydrogen (secondary N) is 2. The van der Waals surface area contributed by atoms with Gasteiger partial charge in [-0.15, -0.1) is 12.4 Å². The van der Waals surface area contributed by atoms with Crippen LogP contribution in [-0.4, -0.2) is 39.3 Å². The number of carbonyl (C=O) groups is 1. The number of benzene rings is 1. The molecule has 22 heavy (non-hydrogen) atoms. The fourth-order valence-corrected chi connectivity index (χ4v) is 2.69. The molecule has 1 heterocycles. The predicted octanol–water partition coefficient (Wildman–Crippen LogP) is 2.13. The number of hydrogen-bond donors (Lipinski definition) is 2. The zero-order valence-corrected chi connectivity index (χ0v) is 13.3. The van der Waals surface area contributed by atoms with Gasteiger partial charge in [-0.25, -0.2) is 8.78 Å². The summed E-state index contributed by atoms with van der Waals surface area (Å²) in [7, 11) is 1.63. The highest BCUT2D eigenvalue weighted by atomic mass is 35.5. The Morgan fingerprint density at radius 2 is 1.86 bits per heavy atom. The van der Waals surface area contributed by atoms with Crippen molar-refractivity contribution in [3.63, 3.8) is 0 Å². The molecular weight excluding hydrogens is 314 g/mol. The summed E-state index contributed by atoms with van der Waals surface area (Å²) in [6.07, 6.45) is 1.78. The lowest BCUT2D eigenvalue weighted by atomic mass is 9.79. The van der Waals surface area contributed by atoms with Crippen LogP contribution in [-0.2, 0) is 4.74 Å². The van der Waals surface area contributed by atoms with Crippen molar-refractivity contribution in [1.82, 2.24) is 10.6 Å². The largest absolute Gasteiger partial charge is 0.384 e. The Morgan fingerprint density at radius 1 is 1.27 bits per heavy atom. The first-order chi connectivity index (χ1) is 10.0. The van der Waals surface area contributed by atoms with E-state index >= 15 is 0 Å². The van der Waals surface area contributed by atoms with Crippen LogP contribution in [0.5, 0.6) is 0 Å². The van der Waals surface area contributed by atoms with E-state index in [2.05, 4.69) is 10.6 Å². The van der Waals surface area contributed by atoms with Gasteiger partial charge < -0.3 is 15.4 Å². The number of carbonyl (C=O) groups excluding carboxylic acids is 1. The maximum atomic E-state index is 13.1. The number of halogens is 3.